The van der Waals surface area contributed by atoms with Crippen LogP contribution in [0, 0.1) is 11.8 Å². The molecule has 0 fully saturated rings. The average molecular weight is 495 g/mol. The first-order valence-electron chi connectivity index (χ1n) is 13.1. The molecule has 0 spiro atoms. The molecule has 5 nitrogen and oxygen atoms in total. The molecule has 196 valence electrons. The molecule has 0 unspecified atom stereocenters. The van der Waals surface area contributed by atoms with E-state index in [1.54, 1.807) is 6.08 Å². The van der Waals surface area contributed by atoms with Gasteiger partial charge >= 0.3 is 5.97 Å². The molecule has 0 aromatic carbocycles. The maximum Gasteiger partial charge on any atom is 0.342 e. The van der Waals surface area contributed by atoms with Crippen LogP contribution in [0.1, 0.15) is 86.0 Å². The van der Waals surface area contributed by atoms with Gasteiger partial charge < -0.3 is 9.84 Å². The van der Waals surface area contributed by atoms with Gasteiger partial charge in [-0.05, 0) is 78.2 Å². The molecular weight excluding hydrogens is 452 g/mol. The number of aliphatic hydroxyl groups excluding tert-OH is 1. The number of Topliss-reactive ketones (excluding diaryl/α,β-unsaturated/α-hetero) is 2. The monoisotopic (exact) mass is 494 g/mol. The number of hydrogen-bond acceptors (Lipinski definition) is 5. The summed E-state index contributed by atoms with van der Waals surface area (Å²) in [5.74, 6) is -3.22. The van der Waals surface area contributed by atoms with Crippen LogP contribution in [-0.2, 0) is 19.1 Å². The van der Waals surface area contributed by atoms with Gasteiger partial charge in [0.15, 0.2) is 0 Å². The molecule has 0 aliphatic heterocycles. The van der Waals surface area contributed by atoms with Crippen molar-refractivity contribution in [3.8, 4) is 0 Å². The Morgan fingerprint density at radius 1 is 1.17 bits per heavy atom. The standard InChI is InChI=1S/C31H42O5/c1-7-9-10-14-24-27(31(35)36-18-17-21(5)13-11-12-20(3)4)29(33)26(30(34)28(24)32)25-19-22(6)15-16-23(25)8-2/h8,12,17,19,23,25,33H,2,7,9-11,13-16,18H2,1,3-6H3/b21-17+/t23-,25-/m1/s1. The molecule has 2 aliphatic rings. The van der Waals surface area contributed by atoms with E-state index in [2.05, 4.69) is 26.5 Å². The molecule has 0 saturated heterocycles. The van der Waals surface area contributed by atoms with Crippen LogP contribution in [0.15, 0.2) is 70.1 Å². The number of carbonyl (C=O) groups is 3. The largest absolute Gasteiger partial charge is 0.507 e. The van der Waals surface area contributed by atoms with Crippen LogP contribution >= 0.6 is 0 Å². The molecule has 5 heteroatoms. The number of ether oxygens (including phenoxy) is 1. The number of rotatable bonds is 12. The Balaban J connectivity index is 2.41. The Hall–Kier alpha value is -2.95. The van der Waals surface area contributed by atoms with Gasteiger partial charge in [0.2, 0.25) is 11.6 Å². The summed E-state index contributed by atoms with van der Waals surface area (Å²) in [4.78, 5) is 39.7. The Morgan fingerprint density at radius 2 is 1.89 bits per heavy atom. The Kier molecular flexibility index (Phi) is 11.4. The quantitative estimate of drug-likeness (QED) is 0.102. The topological polar surface area (TPSA) is 80.7 Å². The van der Waals surface area contributed by atoms with E-state index in [0.29, 0.717) is 6.42 Å². The van der Waals surface area contributed by atoms with Gasteiger partial charge in [-0.25, -0.2) is 4.79 Å². The number of carbonyl (C=O) groups excluding carboxylic acids is 3. The minimum absolute atomic E-state index is 0.0106. The zero-order chi connectivity index (χ0) is 26.8. The van der Waals surface area contributed by atoms with Crippen molar-refractivity contribution >= 4 is 17.5 Å². The van der Waals surface area contributed by atoms with Crippen molar-refractivity contribution in [1.82, 2.24) is 0 Å². The van der Waals surface area contributed by atoms with Gasteiger partial charge in [0.1, 0.15) is 17.9 Å². The molecule has 36 heavy (non-hydrogen) atoms. The highest BCUT2D eigenvalue weighted by Crippen LogP contribution is 2.40. The number of hydrogen-bond donors (Lipinski definition) is 1. The van der Waals surface area contributed by atoms with Crippen LogP contribution in [0.4, 0.5) is 0 Å². The fourth-order valence-electron chi connectivity index (χ4n) is 4.75. The molecule has 2 aliphatic carbocycles. The summed E-state index contributed by atoms with van der Waals surface area (Å²) in [6, 6.07) is 0. The molecule has 0 saturated carbocycles. The summed E-state index contributed by atoms with van der Waals surface area (Å²) in [5.41, 5.74) is 3.33. The highest BCUT2D eigenvalue weighted by atomic mass is 16.5. The average Bonchev–Trinajstić information content (AvgIpc) is 2.82. The zero-order valence-electron chi connectivity index (χ0n) is 22.6. The van der Waals surface area contributed by atoms with Gasteiger partial charge in [-0.2, -0.15) is 0 Å². The van der Waals surface area contributed by atoms with E-state index in [1.165, 1.54) is 5.57 Å². The number of esters is 1. The van der Waals surface area contributed by atoms with Crippen LogP contribution in [0.25, 0.3) is 0 Å². The molecule has 0 aromatic rings. The molecule has 0 heterocycles. The highest BCUT2D eigenvalue weighted by molar-refractivity contribution is 6.51. The van der Waals surface area contributed by atoms with Crippen LogP contribution in [0.3, 0.4) is 0 Å². The van der Waals surface area contributed by atoms with Crippen molar-refractivity contribution < 1.29 is 24.2 Å². The lowest BCUT2D eigenvalue weighted by molar-refractivity contribution is -0.138. The first kappa shape index (κ1) is 29.3. The summed E-state index contributed by atoms with van der Waals surface area (Å²) >= 11 is 0. The second-order valence-corrected chi connectivity index (χ2v) is 10.2. The van der Waals surface area contributed by atoms with Gasteiger partial charge in [-0.15, -0.1) is 6.58 Å². The minimum atomic E-state index is -0.766. The van der Waals surface area contributed by atoms with Crippen LogP contribution in [0.2, 0.25) is 0 Å². The number of ketones is 2. The Bertz CT molecular complexity index is 1030. The molecule has 0 radical (unpaired) electrons. The van der Waals surface area contributed by atoms with Crippen molar-refractivity contribution in [2.75, 3.05) is 6.61 Å². The lowest BCUT2D eigenvalue weighted by Crippen LogP contribution is -2.34. The van der Waals surface area contributed by atoms with E-state index < -0.39 is 29.2 Å². The first-order valence-corrected chi connectivity index (χ1v) is 13.1. The third kappa shape index (κ3) is 7.52. The van der Waals surface area contributed by atoms with Crippen LogP contribution < -0.4 is 0 Å². The van der Waals surface area contributed by atoms with Crippen LogP contribution in [-0.4, -0.2) is 29.2 Å². The summed E-state index contributed by atoms with van der Waals surface area (Å²) in [5, 5.41) is 11.3. The third-order valence-corrected chi connectivity index (χ3v) is 6.92. The van der Waals surface area contributed by atoms with Gasteiger partial charge in [0.25, 0.3) is 0 Å². The third-order valence-electron chi connectivity index (χ3n) is 6.92. The van der Waals surface area contributed by atoms with Crippen molar-refractivity contribution in [2.45, 2.75) is 86.0 Å². The van der Waals surface area contributed by atoms with Gasteiger partial charge in [-0.3, -0.25) is 9.59 Å². The number of aliphatic hydroxyl groups is 1. The molecule has 0 bridgehead atoms. The first-order chi connectivity index (χ1) is 17.1. The Morgan fingerprint density at radius 3 is 2.53 bits per heavy atom. The van der Waals surface area contributed by atoms with E-state index in [1.807, 2.05) is 32.9 Å². The predicted octanol–water partition coefficient (Wildman–Crippen LogP) is 7.22. The van der Waals surface area contributed by atoms with Crippen molar-refractivity contribution in [3.63, 3.8) is 0 Å². The van der Waals surface area contributed by atoms with E-state index >= 15 is 0 Å². The smallest absolute Gasteiger partial charge is 0.342 e. The van der Waals surface area contributed by atoms with E-state index in [9.17, 15) is 19.5 Å². The SMILES string of the molecule is C=C[C@@H]1CCC(C)=C[C@H]1C1=C(O)C(C(=O)OC/C=C(\C)CCC=C(C)C)=C(CCCCC)C(=O)C1=O. The van der Waals surface area contributed by atoms with Crippen molar-refractivity contribution in [3.05, 3.63) is 70.1 Å². The lowest BCUT2D eigenvalue weighted by atomic mass is 9.72. The highest BCUT2D eigenvalue weighted by Gasteiger charge is 2.42. The summed E-state index contributed by atoms with van der Waals surface area (Å²) in [6.45, 7) is 14.0. The molecule has 0 amide bonds. The normalized spacial score (nSPS) is 20.9. The minimum Gasteiger partial charge on any atom is -0.507 e. The molecular formula is C31H42O5. The van der Waals surface area contributed by atoms with Crippen LogP contribution in [0.5, 0.6) is 0 Å². The van der Waals surface area contributed by atoms with Crippen molar-refractivity contribution in [1.29, 1.82) is 0 Å². The van der Waals surface area contributed by atoms with E-state index in [4.69, 9.17) is 4.74 Å². The lowest BCUT2D eigenvalue weighted by Gasteiger charge is -2.31. The Labute approximate surface area is 216 Å². The molecule has 0 aromatic heterocycles. The summed E-state index contributed by atoms with van der Waals surface area (Å²) < 4.78 is 5.50. The number of unbranched alkanes of at least 4 members (excludes halogenated alkanes) is 2. The second kappa shape index (κ2) is 14.0. The fraction of sp³-hybridized carbons (Fsp3) is 0.516. The maximum absolute atomic E-state index is 13.2. The van der Waals surface area contributed by atoms with E-state index in [0.717, 1.165) is 49.7 Å². The van der Waals surface area contributed by atoms with Gasteiger partial charge in [0, 0.05) is 11.5 Å². The van der Waals surface area contributed by atoms with Gasteiger partial charge in [-0.1, -0.05) is 54.7 Å². The predicted molar refractivity (Wildman–Crippen MR) is 144 cm³/mol. The van der Waals surface area contributed by atoms with E-state index in [-0.39, 0.29) is 35.7 Å². The van der Waals surface area contributed by atoms with Gasteiger partial charge in [0.05, 0.1) is 5.57 Å². The maximum atomic E-state index is 13.2. The van der Waals surface area contributed by atoms with Crippen molar-refractivity contribution in [2.24, 2.45) is 11.8 Å². The second-order valence-electron chi connectivity index (χ2n) is 10.2. The summed E-state index contributed by atoms with van der Waals surface area (Å²) in [7, 11) is 0. The molecule has 2 rings (SSSR count). The molecule has 1 N–H and O–H groups in total. The number of allylic oxidation sites excluding steroid dienone is 8. The summed E-state index contributed by atoms with van der Waals surface area (Å²) in [6.07, 6.45) is 13.7. The zero-order valence-corrected chi connectivity index (χ0v) is 22.6. The molecule has 2 atom stereocenters. The fourth-order valence-corrected chi connectivity index (χ4v) is 4.75.